The average Bonchev–Trinajstić information content (AvgIpc) is 2.62. The number of nitrogens with zero attached hydrogens (tertiary/aromatic N) is 1. The Morgan fingerprint density at radius 2 is 1.80 bits per heavy atom. The third-order valence-electron chi connectivity index (χ3n) is 4.80. The molecule has 0 saturated heterocycles. The Labute approximate surface area is 195 Å². The van der Waals surface area contributed by atoms with Gasteiger partial charge in [-0.05, 0) is 37.5 Å². The van der Waals surface area contributed by atoms with Crippen LogP contribution in [-0.4, -0.2) is 55.1 Å². The summed E-state index contributed by atoms with van der Waals surface area (Å²) in [5.41, 5.74) is 13.9. The predicted octanol–water partition coefficient (Wildman–Crippen LogP) is 2.62. The first-order valence-electron chi connectivity index (χ1n) is 10.1. The first-order valence-corrected chi connectivity index (χ1v) is 10.1. The maximum atomic E-state index is 12.7. The van der Waals surface area contributed by atoms with Gasteiger partial charge in [0.25, 0.3) is 6.47 Å². The second-order valence-electron chi connectivity index (χ2n) is 8.85. The summed E-state index contributed by atoms with van der Waals surface area (Å²) in [5, 5.41) is 2.85. The van der Waals surface area contributed by atoms with E-state index in [9.17, 15) is 14.4 Å². The van der Waals surface area contributed by atoms with Crippen molar-refractivity contribution in [1.82, 2.24) is 10.2 Å². The summed E-state index contributed by atoms with van der Waals surface area (Å²) in [7, 11) is 1.69. The SMILES string of the molecule is C/C(=C\[C@H](C(C)C)N(C)C(=O)[C@@H]([NH-])C(C)(C)C)C(=O)NCCCCC(N)OC=O.[W]. The first kappa shape index (κ1) is 30.9. The van der Waals surface area contributed by atoms with Crippen LogP contribution in [0, 0.1) is 11.3 Å². The number of rotatable bonds is 12. The average molecular weight is 595 g/mol. The minimum atomic E-state index is -0.870. The zero-order valence-corrected chi connectivity index (χ0v) is 22.3. The molecule has 8 nitrogen and oxygen atoms in total. The molecule has 0 saturated carbocycles. The topological polar surface area (TPSA) is 126 Å². The summed E-state index contributed by atoms with van der Waals surface area (Å²) in [6.07, 6.45) is 3.16. The molecule has 0 aromatic carbocycles. The van der Waals surface area contributed by atoms with E-state index in [1.54, 1.807) is 24.9 Å². The Morgan fingerprint density at radius 1 is 1.23 bits per heavy atom. The molecule has 2 amide bonds. The number of carbonyl (C=O) groups excluding carboxylic acids is 3. The van der Waals surface area contributed by atoms with Crippen molar-refractivity contribution in [3.05, 3.63) is 17.4 Å². The van der Waals surface area contributed by atoms with Crippen LogP contribution in [0.25, 0.3) is 5.73 Å². The number of carbonyl (C=O) groups is 3. The van der Waals surface area contributed by atoms with E-state index in [0.29, 0.717) is 31.4 Å². The number of nitrogens with one attached hydrogen (secondary N) is 2. The zero-order chi connectivity index (χ0) is 22.8. The van der Waals surface area contributed by atoms with E-state index in [-0.39, 0.29) is 44.8 Å². The van der Waals surface area contributed by atoms with Gasteiger partial charge in [-0.25, -0.2) is 0 Å². The van der Waals surface area contributed by atoms with Crippen molar-refractivity contribution < 1.29 is 40.2 Å². The van der Waals surface area contributed by atoms with Crippen LogP contribution in [-0.2, 0) is 40.2 Å². The fourth-order valence-electron chi connectivity index (χ4n) is 2.76. The molecule has 9 heteroatoms. The molecular weight excluding hydrogens is 556 g/mol. The van der Waals surface area contributed by atoms with Crippen molar-refractivity contribution >= 4 is 18.3 Å². The van der Waals surface area contributed by atoms with Gasteiger partial charge < -0.3 is 20.7 Å². The van der Waals surface area contributed by atoms with Gasteiger partial charge in [0.1, 0.15) is 0 Å². The van der Waals surface area contributed by atoms with Crippen molar-refractivity contribution in [2.75, 3.05) is 13.6 Å². The van der Waals surface area contributed by atoms with Gasteiger partial charge in [-0.3, -0.25) is 20.1 Å². The largest absolute Gasteiger partial charge is 0.666 e. The van der Waals surface area contributed by atoms with Gasteiger partial charge >= 0.3 is 0 Å². The molecule has 0 spiro atoms. The second-order valence-corrected chi connectivity index (χ2v) is 8.85. The maximum Gasteiger partial charge on any atom is 0.294 e. The number of hydrogen-bond donors (Lipinski definition) is 2. The number of amides is 2. The molecule has 0 aromatic heterocycles. The summed E-state index contributed by atoms with van der Waals surface area (Å²) < 4.78 is 4.61. The van der Waals surface area contributed by atoms with E-state index < -0.39 is 17.7 Å². The maximum absolute atomic E-state index is 12.7. The van der Waals surface area contributed by atoms with Crippen molar-refractivity contribution in [1.29, 1.82) is 0 Å². The third kappa shape index (κ3) is 11.2. The van der Waals surface area contributed by atoms with Crippen molar-refractivity contribution in [3.63, 3.8) is 0 Å². The van der Waals surface area contributed by atoms with Crippen LogP contribution < -0.4 is 11.1 Å². The fraction of sp³-hybridized carbons (Fsp3) is 0.762. The molecule has 0 heterocycles. The molecule has 30 heavy (non-hydrogen) atoms. The Morgan fingerprint density at radius 3 is 2.27 bits per heavy atom. The number of unbranched alkanes of at least 4 members (excludes halogenated alkanes) is 1. The van der Waals surface area contributed by atoms with Crippen LogP contribution >= 0.6 is 0 Å². The van der Waals surface area contributed by atoms with E-state index in [4.69, 9.17) is 11.5 Å². The minimum Gasteiger partial charge on any atom is -0.666 e. The van der Waals surface area contributed by atoms with Gasteiger partial charge in [0.2, 0.25) is 11.8 Å². The van der Waals surface area contributed by atoms with Gasteiger partial charge in [-0.2, -0.15) is 0 Å². The molecule has 0 bridgehead atoms. The molecule has 0 fully saturated rings. The van der Waals surface area contributed by atoms with E-state index >= 15 is 0 Å². The number of likely N-dealkylation sites (N-methyl/N-ethyl adjacent to an activating group) is 1. The Balaban J connectivity index is 0. The zero-order valence-electron chi connectivity index (χ0n) is 19.4. The van der Waals surface area contributed by atoms with Crippen LogP contribution in [0.1, 0.15) is 60.8 Å². The van der Waals surface area contributed by atoms with Gasteiger partial charge in [-0.15, -0.1) is 0 Å². The molecule has 4 N–H and O–H groups in total. The van der Waals surface area contributed by atoms with Crippen LogP contribution in [0.15, 0.2) is 11.6 Å². The van der Waals surface area contributed by atoms with E-state index in [1.807, 2.05) is 34.6 Å². The van der Waals surface area contributed by atoms with Crippen LogP contribution in [0.4, 0.5) is 0 Å². The van der Waals surface area contributed by atoms with Crippen LogP contribution in [0.5, 0.6) is 0 Å². The van der Waals surface area contributed by atoms with E-state index in [2.05, 4.69) is 10.1 Å². The van der Waals surface area contributed by atoms with Crippen LogP contribution in [0.2, 0.25) is 0 Å². The van der Waals surface area contributed by atoms with Gasteiger partial charge in [0.15, 0.2) is 6.23 Å². The second kappa shape index (κ2) is 14.7. The summed E-state index contributed by atoms with van der Waals surface area (Å²) >= 11 is 0. The summed E-state index contributed by atoms with van der Waals surface area (Å²) in [5.74, 6) is -0.351. The van der Waals surface area contributed by atoms with Gasteiger partial charge in [0, 0.05) is 40.2 Å². The normalized spacial score (nSPS) is 14.9. The molecule has 0 aromatic rings. The standard InChI is InChI=1S/C21H39N4O4.W/c1-14(2)16(25(7)20(28)18(23)21(4,5)6)12-15(3)19(27)24-11-9-8-10-17(22)29-13-26;/h12-14,16-18,23H,8-11,22H2,1-7H3,(H,24,27);/q-1;/b15-12+;/t16-,17?,18-;/m1./s1. The Bertz CT molecular complexity index is 576. The number of nitrogens with two attached hydrogens (primary N) is 1. The Hall–Kier alpha value is -1.24. The fourth-order valence-corrected chi connectivity index (χ4v) is 2.76. The van der Waals surface area contributed by atoms with Gasteiger partial charge in [0.05, 0.1) is 6.04 Å². The first-order chi connectivity index (χ1) is 13.3. The monoisotopic (exact) mass is 595 g/mol. The molecule has 0 rings (SSSR count). The summed E-state index contributed by atoms with van der Waals surface area (Å²) in [6, 6.07) is -1.15. The molecule has 0 aliphatic heterocycles. The van der Waals surface area contributed by atoms with Crippen LogP contribution in [0.3, 0.4) is 0 Å². The minimum absolute atomic E-state index is 0. The van der Waals surface area contributed by atoms with Gasteiger partial charge in [-0.1, -0.05) is 46.7 Å². The molecule has 0 aliphatic rings. The molecular formula is C21H39N4O4W-. The quantitative estimate of drug-likeness (QED) is 0.155. The molecule has 0 radical (unpaired) electrons. The predicted molar refractivity (Wildman–Crippen MR) is 115 cm³/mol. The van der Waals surface area contributed by atoms with E-state index in [1.165, 1.54) is 0 Å². The molecule has 1 unspecified atom stereocenters. The molecule has 0 aliphatic carbocycles. The summed E-state index contributed by atoms with van der Waals surface area (Å²) in [4.78, 5) is 36.8. The third-order valence-corrected chi connectivity index (χ3v) is 4.80. The molecule has 3 atom stereocenters. The summed E-state index contributed by atoms with van der Waals surface area (Å²) in [6.45, 7) is 12.1. The van der Waals surface area contributed by atoms with Crippen molar-refractivity contribution in [2.24, 2.45) is 17.1 Å². The number of hydrogen-bond acceptors (Lipinski definition) is 5. The molecule has 174 valence electrons. The smallest absolute Gasteiger partial charge is 0.294 e. The van der Waals surface area contributed by atoms with E-state index in [0.717, 1.165) is 6.42 Å². The number of ether oxygens (including phenoxy) is 1. The Kier molecular flexibility index (Phi) is 15.2. The van der Waals surface area contributed by atoms with Crippen molar-refractivity contribution in [2.45, 2.75) is 79.1 Å². The van der Waals surface area contributed by atoms with Crippen molar-refractivity contribution in [3.8, 4) is 0 Å².